The number of carbonyl (C=O) groups excluding carboxylic acids is 1. The van der Waals surface area contributed by atoms with Gasteiger partial charge in [-0.15, -0.1) is 0 Å². The fourth-order valence-corrected chi connectivity index (χ4v) is 6.82. The molecule has 4 nitrogen and oxygen atoms in total. The lowest BCUT2D eigenvalue weighted by Gasteiger charge is -2.67. The molecule has 1 aromatic rings. The standard InChI is InChI=1S/C21H28N2O2/c1-20(2)19(25)22(23(20)16-6-4-5-7-17(16)24)18-14-8-13-9-15(18)12-21(3,10-13)11-14/h4-7,13-15,18,24H,8-12H2,1-3H3. The number of hydrogen-bond acceptors (Lipinski definition) is 3. The largest absolute Gasteiger partial charge is 0.506 e. The van der Waals surface area contributed by atoms with Crippen LogP contribution in [0.15, 0.2) is 24.3 Å². The zero-order valence-electron chi connectivity index (χ0n) is 15.4. The van der Waals surface area contributed by atoms with Crippen molar-refractivity contribution in [1.82, 2.24) is 5.01 Å². The first-order valence-corrected chi connectivity index (χ1v) is 9.72. The van der Waals surface area contributed by atoms with Gasteiger partial charge in [0, 0.05) is 0 Å². The molecule has 4 bridgehead atoms. The average Bonchev–Trinajstić information content (AvgIpc) is 2.53. The van der Waals surface area contributed by atoms with Crippen molar-refractivity contribution in [2.75, 3.05) is 5.01 Å². The molecule has 25 heavy (non-hydrogen) atoms. The molecule has 5 fully saturated rings. The lowest BCUT2D eigenvalue weighted by atomic mass is 9.48. The normalized spacial score (nSPS) is 41.2. The molecule has 0 spiro atoms. The van der Waals surface area contributed by atoms with Gasteiger partial charge in [0.2, 0.25) is 0 Å². The van der Waals surface area contributed by atoms with Crippen LogP contribution in [0.4, 0.5) is 5.69 Å². The topological polar surface area (TPSA) is 43.8 Å². The van der Waals surface area contributed by atoms with Crippen LogP contribution in [0.3, 0.4) is 0 Å². The molecule has 1 amide bonds. The van der Waals surface area contributed by atoms with Crippen molar-refractivity contribution >= 4 is 11.6 Å². The van der Waals surface area contributed by atoms with Crippen molar-refractivity contribution < 1.29 is 9.90 Å². The first-order valence-electron chi connectivity index (χ1n) is 9.72. The van der Waals surface area contributed by atoms with Crippen LogP contribution in [0.1, 0.15) is 52.9 Å². The van der Waals surface area contributed by atoms with Crippen molar-refractivity contribution in [2.45, 2.75) is 64.5 Å². The van der Waals surface area contributed by atoms with Crippen LogP contribution in [0.2, 0.25) is 0 Å². The molecular formula is C21H28N2O2. The third kappa shape index (κ3) is 1.97. The van der Waals surface area contributed by atoms with E-state index in [0.717, 1.165) is 11.6 Å². The maximum atomic E-state index is 13.1. The van der Waals surface area contributed by atoms with Crippen LogP contribution >= 0.6 is 0 Å². The van der Waals surface area contributed by atoms with E-state index in [1.807, 2.05) is 37.1 Å². The van der Waals surface area contributed by atoms with Gasteiger partial charge in [-0.25, -0.2) is 5.01 Å². The number of rotatable bonds is 2. The van der Waals surface area contributed by atoms with Gasteiger partial charge in [0.25, 0.3) is 5.91 Å². The monoisotopic (exact) mass is 340 g/mol. The SMILES string of the molecule is CC12CC3CC(C1)C(N1C(=O)C(C)(C)N1c1ccccc1O)C(C3)C2. The summed E-state index contributed by atoms with van der Waals surface area (Å²) in [5, 5.41) is 14.5. The Morgan fingerprint density at radius 1 is 1.04 bits per heavy atom. The fourth-order valence-electron chi connectivity index (χ4n) is 6.82. The lowest BCUT2D eigenvalue weighted by Crippen LogP contribution is -2.80. The van der Waals surface area contributed by atoms with E-state index in [-0.39, 0.29) is 11.7 Å². The second kappa shape index (κ2) is 4.72. The van der Waals surface area contributed by atoms with Gasteiger partial charge in [-0.2, -0.15) is 0 Å². The molecule has 2 unspecified atom stereocenters. The number of para-hydroxylation sites is 2. The Balaban J connectivity index is 1.53. The van der Waals surface area contributed by atoms with Crippen molar-refractivity contribution in [2.24, 2.45) is 23.2 Å². The van der Waals surface area contributed by atoms with E-state index in [1.54, 1.807) is 6.07 Å². The Morgan fingerprint density at radius 3 is 2.28 bits per heavy atom. The summed E-state index contributed by atoms with van der Waals surface area (Å²) < 4.78 is 0. The second-order valence-electron chi connectivity index (χ2n) is 9.78. The van der Waals surface area contributed by atoms with Gasteiger partial charge < -0.3 is 5.11 Å². The molecule has 1 heterocycles. The van der Waals surface area contributed by atoms with E-state index >= 15 is 0 Å². The van der Waals surface area contributed by atoms with E-state index in [1.165, 1.54) is 32.1 Å². The molecule has 2 atom stereocenters. The van der Waals surface area contributed by atoms with E-state index in [9.17, 15) is 9.90 Å². The number of hydrogen-bond donors (Lipinski definition) is 1. The van der Waals surface area contributed by atoms with Crippen LogP contribution in [-0.2, 0) is 4.79 Å². The van der Waals surface area contributed by atoms with E-state index in [4.69, 9.17) is 0 Å². The quantitative estimate of drug-likeness (QED) is 0.886. The Kier molecular flexibility index (Phi) is 2.93. The van der Waals surface area contributed by atoms with Crippen LogP contribution in [0.5, 0.6) is 5.75 Å². The van der Waals surface area contributed by atoms with Crippen molar-refractivity contribution in [3.8, 4) is 5.75 Å². The first-order chi connectivity index (χ1) is 11.8. The van der Waals surface area contributed by atoms with Crippen molar-refractivity contribution in [1.29, 1.82) is 0 Å². The second-order valence-corrected chi connectivity index (χ2v) is 9.78. The number of hydrazine groups is 1. The molecule has 1 saturated heterocycles. The number of anilines is 1. The summed E-state index contributed by atoms with van der Waals surface area (Å²) in [7, 11) is 0. The predicted octanol–water partition coefficient (Wildman–Crippen LogP) is 3.95. The maximum absolute atomic E-state index is 13.1. The molecule has 4 aliphatic carbocycles. The minimum atomic E-state index is -0.586. The van der Waals surface area contributed by atoms with E-state index in [2.05, 4.69) is 11.9 Å². The zero-order valence-corrected chi connectivity index (χ0v) is 15.4. The number of carbonyl (C=O) groups is 1. The molecule has 4 saturated carbocycles. The molecule has 134 valence electrons. The van der Waals surface area contributed by atoms with Gasteiger partial charge in [0.15, 0.2) is 0 Å². The van der Waals surface area contributed by atoms with Crippen LogP contribution in [0.25, 0.3) is 0 Å². The first kappa shape index (κ1) is 15.5. The van der Waals surface area contributed by atoms with E-state index < -0.39 is 5.54 Å². The molecule has 5 aliphatic rings. The number of amides is 1. The summed E-state index contributed by atoms with van der Waals surface area (Å²) in [5.41, 5.74) is 0.667. The summed E-state index contributed by atoms with van der Waals surface area (Å²) in [6.07, 6.45) is 6.44. The van der Waals surface area contributed by atoms with Crippen LogP contribution < -0.4 is 5.01 Å². The number of phenols is 1. The predicted molar refractivity (Wildman–Crippen MR) is 97.0 cm³/mol. The van der Waals surface area contributed by atoms with Gasteiger partial charge >= 0.3 is 0 Å². The maximum Gasteiger partial charge on any atom is 0.268 e. The molecule has 6 rings (SSSR count). The Bertz CT molecular complexity index is 727. The number of phenolic OH excluding ortho intramolecular Hbond substituents is 1. The van der Waals surface area contributed by atoms with Gasteiger partial charge in [0.05, 0.1) is 6.04 Å². The van der Waals surface area contributed by atoms with Crippen LogP contribution in [0, 0.1) is 23.2 Å². The van der Waals surface area contributed by atoms with Crippen molar-refractivity contribution in [3.05, 3.63) is 24.3 Å². The Morgan fingerprint density at radius 2 is 1.68 bits per heavy atom. The highest BCUT2D eigenvalue weighted by Crippen LogP contribution is 2.62. The van der Waals surface area contributed by atoms with Gasteiger partial charge in [-0.1, -0.05) is 19.1 Å². The highest BCUT2D eigenvalue weighted by molar-refractivity contribution is 5.98. The average molecular weight is 340 g/mol. The lowest BCUT2D eigenvalue weighted by molar-refractivity contribution is -0.176. The Labute approximate surface area is 149 Å². The van der Waals surface area contributed by atoms with E-state index in [0.29, 0.717) is 23.3 Å². The minimum Gasteiger partial charge on any atom is -0.506 e. The third-order valence-electron chi connectivity index (χ3n) is 7.40. The molecule has 0 radical (unpaired) electrons. The molecule has 1 N–H and O–H groups in total. The van der Waals surface area contributed by atoms with Crippen LogP contribution in [-0.4, -0.2) is 27.6 Å². The highest BCUT2D eigenvalue weighted by atomic mass is 16.3. The summed E-state index contributed by atoms with van der Waals surface area (Å²) in [5.74, 6) is 2.55. The smallest absolute Gasteiger partial charge is 0.268 e. The fraction of sp³-hybridized carbons (Fsp3) is 0.667. The minimum absolute atomic E-state index is 0.207. The summed E-state index contributed by atoms with van der Waals surface area (Å²) in [6.45, 7) is 6.39. The molecular weight excluding hydrogens is 312 g/mol. The molecule has 1 aliphatic heterocycles. The Hall–Kier alpha value is -1.71. The molecule has 1 aromatic carbocycles. The number of benzene rings is 1. The van der Waals surface area contributed by atoms with Gasteiger partial charge in [0.1, 0.15) is 17.0 Å². The van der Waals surface area contributed by atoms with Gasteiger partial charge in [-0.05, 0) is 81.3 Å². The summed E-state index contributed by atoms with van der Waals surface area (Å²) in [6, 6.07) is 7.72. The number of aromatic hydroxyl groups is 1. The summed E-state index contributed by atoms with van der Waals surface area (Å²) in [4.78, 5) is 13.1. The van der Waals surface area contributed by atoms with Gasteiger partial charge in [-0.3, -0.25) is 9.80 Å². The van der Waals surface area contributed by atoms with Crippen molar-refractivity contribution in [3.63, 3.8) is 0 Å². The third-order valence-corrected chi connectivity index (χ3v) is 7.40. The molecule has 0 aromatic heterocycles. The zero-order chi connectivity index (χ0) is 17.6. The summed E-state index contributed by atoms with van der Waals surface area (Å²) >= 11 is 0. The number of nitrogens with zero attached hydrogens (tertiary/aromatic N) is 2. The highest BCUT2D eigenvalue weighted by Gasteiger charge is 2.63. The molecule has 4 heteroatoms.